The van der Waals surface area contributed by atoms with E-state index in [0.29, 0.717) is 33.0 Å². The minimum absolute atomic E-state index is 0.234. The summed E-state index contributed by atoms with van der Waals surface area (Å²) < 4.78 is 7.28. The van der Waals surface area contributed by atoms with Gasteiger partial charge in [-0.25, -0.2) is 0 Å². The molecule has 0 spiro atoms. The zero-order valence-corrected chi connectivity index (χ0v) is 16.6. The molecule has 2 heterocycles. The van der Waals surface area contributed by atoms with Crippen LogP contribution >= 0.6 is 23.2 Å². The van der Waals surface area contributed by atoms with Crippen molar-refractivity contribution in [2.24, 2.45) is 0 Å². The molecule has 7 nitrogen and oxygen atoms in total. The lowest BCUT2D eigenvalue weighted by atomic mass is 10.2. The molecular formula is C20H15Cl2N5O2. The van der Waals surface area contributed by atoms with Crippen LogP contribution in [0.4, 0.5) is 0 Å². The average Bonchev–Trinajstić information content (AvgIpc) is 3.15. The van der Waals surface area contributed by atoms with Crippen LogP contribution in [0.25, 0.3) is 17.0 Å². The number of benzene rings is 2. The first-order chi connectivity index (χ1) is 14.1. The van der Waals surface area contributed by atoms with Gasteiger partial charge in [0.25, 0.3) is 5.91 Å². The summed E-state index contributed by atoms with van der Waals surface area (Å²) in [5.41, 5.74) is 1.87. The standard InChI is InChI=1S/C20H15Cl2N5O2/c21-14-6-7-15(16(22)12-14)20(28)23-10-11-29-18-9-8-17-24-25-19(27(17)26-18)13-4-2-1-3-5-13/h1-9,12H,10-11H2,(H,23,28). The number of halogens is 2. The van der Waals surface area contributed by atoms with Crippen molar-refractivity contribution in [2.75, 3.05) is 13.2 Å². The predicted octanol–water partition coefficient (Wildman–Crippen LogP) is 3.91. The molecule has 29 heavy (non-hydrogen) atoms. The third-order valence-corrected chi connectivity index (χ3v) is 4.63. The Kier molecular flexibility index (Phi) is 5.59. The summed E-state index contributed by atoms with van der Waals surface area (Å²) in [5, 5.41) is 16.3. The number of ether oxygens (including phenoxy) is 1. The van der Waals surface area contributed by atoms with Gasteiger partial charge >= 0.3 is 0 Å². The highest BCUT2D eigenvalue weighted by molar-refractivity contribution is 6.36. The molecule has 0 bridgehead atoms. The Bertz CT molecular complexity index is 1160. The fraction of sp³-hybridized carbons (Fsp3) is 0.100. The van der Waals surface area contributed by atoms with E-state index in [1.165, 1.54) is 6.07 Å². The number of carbonyl (C=O) groups excluding carboxylic acids is 1. The molecule has 4 aromatic rings. The van der Waals surface area contributed by atoms with Gasteiger partial charge in [0.1, 0.15) is 6.61 Å². The van der Waals surface area contributed by atoms with Crippen LogP contribution in [0, 0.1) is 0 Å². The van der Waals surface area contributed by atoms with Crippen molar-refractivity contribution in [1.29, 1.82) is 0 Å². The van der Waals surface area contributed by atoms with Crippen LogP contribution < -0.4 is 10.1 Å². The molecule has 0 atom stereocenters. The molecule has 0 aliphatic rings. The summed E-state index contributed by atoms with van der Waals surface area (Å²) >= 11 is 11.9. The first kappa shape index (κ1) is 19.2. The number of aromatic nitrogens is 4. The van der Waals surface area contributed by atoms with Crippen LogP contribution in [0.15, 0.2) is 60.7 Å². The first-order valence-electron chi connectivity index (χ1n) is 8.76. The van der Waals surface area contributed by atoms with Gasteiger partial charge in [-0.15, -0.1) is 15.3 Å². The third-order valence-electron chi connectivity index (χ3n) is 4.08. The Balaban J connectivity index is 1.39. The van der Waals surface area contributed by atoms with E-state index >= 15 is 0 Å². The zero-order valence-electron chi connectivity index (χ0n) is 15.0. The maximum atomic E-state index is 12.2. The minimum atomic E-state index is -0.302. The van der Waals surface area contributed by atoms with Crippen molar-refractivity contribution < 1.29 is 9.53 Å². The number of hydrogen-bond acceptors (Lipinski definition) is 5. The van der Waals surface area contributed by atoms with Crippen LogP contribution in [-0.2, 0) is 0 Å². The molecule has 0 aliphatic carbocycles. The van der Waals surface area contributed by atoms with E-state index in [-0.39, 0.29) is 19.1 Å². The predicted molar refractivity (Wildman–Crippen MR) is 111 cm³/mol. The maximum absolute atomic E-state index is 12.2. The molecule has 0 aliphatic heterocycles. The quantitative estimate of drug-likeness (QED) is 0.471. The minimum Gasteiger partial charge on any atom is -0.475 e. The van der Waals surface area contributed by atoms with Gasteiger partial charge in [0, 0.05) is 16.7 Å². The largest absolute Gasteiger partial charge is 0.475 e. The molecule has 1 amide bonds. The van der Waals surface area contributed by atoms with Crippen LogP contribution in [0.1, 0.15) is 10.4 Å². The highest BCUT2D eigenvalue weighted by Gasteiger charge is 2.12. The molecule has 9 heteroatoms. The van der Waals surface area contributed by atoms with Crippen LogP contribution in [0.3, 0.4) is 0 Å². The van der Waals surface area contributed by atoms with Gasteiger partial charge in [0.2, 0.25) is 5.88 Å². The Morgan fingerprint density at radius 1 is 1.03 bits per heavy atom. The fourth-order valence-corrected chi connectivity index (χ4v) is 3.20. The molecule has 0 saturated heterocycles. The van der Waals surface area contributed by atoms with Crippen molar-refractivity contribution in [3.63, 3.8) is 0 Å². The second-order valence-electron chi connectivity index (χ2n) is 6.06. The Morgan fingerprint density at radius 3 is 2.66 bits per heavy atom. The molecule has 1 N–H and O–H groups in total. The smallest absolute Gasteiger partial charge is 0.252 e. The van der Waals surface area contributed by atoms with Gasteiger partial charge in [0.15, 0.2) is 11.5 Å². The number of rotatable bonds is 6. The fourth-order valence-electron chi connectivity index (χ4n) is 2.71. The SMILES string of the molecule is O=C(NCCOc1ccc2nnc(-c3ccccc3)n2n1)c1ccc(Cl)cc1Cl. The number of carbonyl (C=O) groups is 1. The maximum Gasteiger partial charge on any atom is 0.252 e. The molecule has 0 unspecified atom stereocenters. The van der Waals surface area contributed by atoms with E-state index in [1.54, 1.807) is 28.8 Å². The van der Waals surface area contributed by atoms with Gasteiger partial charge in [-0.1, -0.05) is 53.5 Å². The molecule has 2 aromatic heterocycles. The summed E-state index contributed by atoms with van der Waals surface area (Å²) in [6.45, 7) is 0.517. The molecule has 0 radical (unpaired) electrons. The van der Waals surface area contributed by atoms with E-state index in [4.69, 9.17) is 27.9 Å². The summed E-state index contributed by atoms with van der Waals surface area (Å²) in [6, 6.07) is 17.8. The van der Waals surface area contributed by atoms with Crippen LogP contribution in [0.5, 0.6) is 5.88 Å². The monoisotopic (exact) mass is 427 g/mol. The lowest BCUT2D eigenvalue weighted by molar-refractivity contribution is 0.0946. The summed E-state index contributed by atoms with van der Waals surface area (Å²) in [6.07, 6.45) is 0. The summed E-state index contributed by atoms with van der Waals surface area (Å²) in [7, 11) is 0. The normalized spacial score (nSPS) is 10.8. The molecule has 146 valence electrons. The second kappa shape index (κ2) is 8.46. The zero-order chi connectivity index (χ0) is 20.2. The third kappa shape index (κ3) is 4.31. The molecule has 0 fully saturated rings. The van der Waals surface area contributed by atoms with E-state index in [2.05, 4.69) is 20.6 Å². The summed E-state index contributed by atoms with van der Waals surface area (Å²) in [5.74, 6) is 0.717. The van der Waals surface area contributed by atoms with E-state index in [0.717, 1.165) is 5.56 Å². The van der Waals surface area contributed by atoms with Crippen LogP contribution in [-0.4, -0.2) is 38.9 Å². The first-order valence-corrected chi connectivity index (χ1v) is 9.51. The molecule has 4 rings (SSSR count). The van der Waals surface area contributed by atoms with Crippen molar-refractivity contribution in [2.45, 2.75) is 0 Å². The average molecular weight is 428 g/mol. The van der Waals surface area contributed by atoms with Crippen LogP contribution in [0.2, 0.25) is 10.0 Å². The van der Waals surface area contributed by atoms with Gasteiger partial charge < -0.3 is 10.1 Å². The Labute approximate surface area is 176 Å². The van der Waals surface area contributed by atoms with Crippen molar-refractivity contribution in [3.05, 3.63) is 76.3 Å². The Hall–Kier alpha value is -3.16. The van der Waals surface area contributed by atoms with Gasteiger partial charge in [0.05, 0.1) is 17.1 Å². The van der Waals surface area contributed by atoms with E-state index < -0.39 is 0 Å². The van der Waals surface area contributed by atoms with Gasteiger partial charge in [-0.2, -0.15) is 4.52 Å². The van der Waals surface area contributed by atoms with Gasteiger partial charge in [-0.05, 0) is 24.3 Å². The molecule has 2 aromatic carbocycles. The number of hydrogen-bond donors (Lipinski definition) is 1. The number of nitrogens with one attached hydrogen (secondary N) is 1. The van der Waals surface area contributed by atoms with Crippen molar-refractivity contribution >= 4 is 34.8 Å². The van der Waals surface area contributed by atoms with Crippen molar-refractivity contribution in [3.8, 4) is 17.3 Å². The number of amides is 1. The van der Waals surface area contributed by atoms with E-state index in [9.17, 15) is 4.79 Å². The topological polar surface area (TPSA) is 81.4 Å². The summed E-state index contributed by atoms with van der Waals surface area (Å²) in [4.78, 5) is 12.2. The lowest BCUT2D eigenvalue weighted by Gasteiger charge is -2.08. The number of fused-ring (bicyclic) bond motifs is 1. The highest BCUT2D eigenvalue weighted by Crippen LogP contribution is 2.21. The second-order valence-corrected chi connectivity index (χ2v) is 6.90. The van der Waals surface area contributed by atoms with Crippen molar-refractivity contribution in [1.82, 2.24) is 25.1 Å². The molecular weight excluding hydrogens is 413 g/mol. The highest BCUT2D eigenvalue weighted by atomic mass is 35.5. The van der Waals surface area contributed by atoms with Gasteiger partial charge in [-0.3, -0.25) is 4.79 Å². The molecule has 0 saturated carbocycles. The lowest BCUT2D eigenvalue weighted by Crippen LogP contribution is -2.28. The van der Waals surface area contributed by atoms with E-state index in [1.807, 2.05) is 30.3 Å². The number of nitrogens with zero attached hydrogens (tertiary/aromatic N) is 4. The Morgan fingerprint density at radius 2 is 1.86 bits per heavy atom.